The first kappa shape index (κ1) is 10.4. The molecule has 4 heteroatoms. The summed E-state index contributed by atoms with van der Waals surface area (Å²) in [4.78, 5) is 6.58. The van der Waals surface area contributed by atoms with Gasteiger partial charge in [0.05, 0.1) is 6.10 Å². The molecule has 0 amide bonds. The fourth-order valence-electron chi connectivity index (χ4n) is 1.88. The van der Waals surface area contributed by atoms with Crippen LogP contribution >= 0.6 is 0 Å². The summed E-state index contributed by atoms with van der Waals surface area (Å²) in [6.45, 7) is 5.65. The lowest BCUT2D eigenvalue weighted by Gasteiger charge is -2.30. The number of aliphatic hydroxyl groups excluding tert-OH is 1. The Bertz CT molecular complexity index is 321. The number of aliphatic hydroxyl groups is 1. The van der Waals surface area contributed by atoms with Crippen LogP contribution in [0.5, 0.6) is 0 Å². The lowest BCUT2D eigenvalue weighted by atomic mass is 10.1. The topological polar surface area (TPSA) is 48.4 Å². The van der Waals surface area contributed by atoms with Gasteiger partial charge in [-0.1, -0.05) is 6.07 Å². The summed E-state index contributed by atoms with van der Waals surface area (Å²) in [5.41, 5.74) is 0.916. The molecule has 2 N–H and O–H groups in total. The standard InChI is InChI=1S/C11H17N3O/c1-9(15)10-3-2-4-13-11(10)14-7-5-12-6-8-14/h2-4,9,12,15H,5-8H2,1H3. The van der Waals surface area contributed by atoms with Crippen molar-refractivity contribution in [3.8, 4) is 0 Å². The van der Waals surface area contributed by atoms with E-state index in [9.17, 15) is 5.11 Å². The maximum Gasteiger partial charge on any atom is 0.134 e. The van der Waals surface area contributed by atoms with Gasteiger partial charge in [-0.2, -0.15) is 0 Å². The second kappa shape index (κ2) is 4.59. The van der Waals surface area contributed by atoms with Crippen molar-refractivity contribution in [2.24, 2.45) is 0 Å². The smallest absolute Gasteiger partial charge is 0.134 e. The zero-order valence-electron chi connectivity index (χ0n) is 8.98. The number of aromatic nitrogens is 1. The number of anilines is 1. The zero-order valence-corrected chi connectivity index (χ0v) is 8.98. The predicted octanol–water partition coefficient (Wildman–Crippen LogP) is 0.544. The highest BCUT2D eigenvalue weighted by molar-refractivity contribution is 5.48. The average molecular weight is 207 g/mol. The third-order valence-corrected chi connectivity index (χ3v) is 2.68. The van der Waals surface area contributed by atoms with E-state index < -0.39 is 6.10 Å². The second-order valence-electron chi connectivity index (χ2n) is 3.83. The van der Waals surface area contributed by atoms with Crippen molar-refractivity contribution < 1.29 is 5.11 Å². The van der Waals surface area contributed by atoms with Gasteiger partial charge < -0.3 is 15.3 Å². The van der Waals surface area contributed by atoms with Crippen LogP contribution in [0.4, 0.5) is 5.82 Å². The molecule has 0 bridgehead atoms. The molecular formula is C11H17N3O. The third kappa shape index (κ3) is 2.27. The Morgan fingerprint density at radius 3 is 2.87 bits per heavy atom. The molecule has 0 spiro atoms. The molecule has 1 atom stereocenters. The van der Waals surface area contributed by atoms with Crippen LogP contribution in [-0.4, -0.2) is 36.3 Å². The van der Waals surface area contributed by atoms with Gasteiger partial charge in [-0.15, -0.1) is 0 Å². The Kier molecular flexibility index (Phi) is 3.18. The molecule has 1 fully saturated rings. The van der Waals surface area contributed by atoms with Gasteiger partial charge in [0.1, 0.15) is 5.82 Å². The van der Waals surface area contributed by atoms with Gasteiger partial charge in [-0.3, -0.25) is 0 Å². The molecule has 2 rings (SSSR count). The molecule has 0 aliphatic carbocycles. The summed E-state index contributed by atoms with van der Waals surface area (Å²) in [6.07, 6.45) is 1.33. The van der Waals surface area contributed by atoms with Crippen LogP contribution in [0.3, 0.4) is 0 Å². The molecule has 1 aliphatic rings. The maximum atomic E-state index is 9.65. The number of piperazine rings is 1. The highest BCUT2D eigenvalue weighted by Crippen LogP contribution is 2.23. The predicted molar refractivity (Wildman–Crippen MR) is 60.0 cm³/mol. The minimum absolute atomic E-state index is 0.455. The minimum Gasteiger partial charge on any atom is -0.389 e. The van der Waals surface area contributed by atoms with Crippen LogP contribution in [0.2, 0.25) is 0 Å². The molecule has 1 aliphatic heterocycles. The number of nitrogens with zero attached hydrogens (tertiary/aromatic N) is 2. The van der Waals surface area contributed by atoms with Gasteiger partial charge in [-0.05, 0) is 13.0 Å². The van der Waals surface area contributed by atoms with Crippen molar-refractivity contribution in [1.29, 1.82) is 0 Å². The van der Waals surface area contributed by atoms with E-state index in [0.29, 0.717) is 0 Å². The number of hydrogen-bond donors (Lipinski definition) is 2. The number of hydrogen-bond acceptors (Lipinski definition) is 4. The van der Waals surface area contributed by atoms with Crippen molar-refractivity contribution in [2.75, 3.05) is 31.1 Å². The van der Waals surface area contributed by atoms with E-state index in [0.717, 1.165) is 37.6 Å². The molecule has 1 saturated heterocycles. The summed E-state index contributed by atoms with van der Waals surface area (Å²) in [7, 11) is 0. The third-order valence-electron chi connectivity index (χ3n) is 2.68. The van der Waals surface area contributed by atoms with Crippen LogP contribution in [0, 0.1) is 0 Å². The first-order valence-corrected chi connectivity index (χ1v) is 5.37. The second-order valence-corrected chi connectivity index (χ2v) is 3.83. The van der Waals surface area contributed by atoms with Gasteiger partial charge in [0, 0.05) is 37.9 Å². The van der Waals surface area contributed by atoms with E-state index in [4.69, 9.17) is 0 Å². The molecule has 0 radical (unpaired) electrons. The van der Waals surface area contributed by atoms with Crippen molar-refractivity contribution in [3.63, 3.8) is 0 Å². The number of nitrogens with one attached hydrogen (secondary N) is 1. The number of rotatable bonds is 2. The fraction of sp³-hybridized carbons (Fsp3) is 0.545. The van der Waals surface area contributed by atoms with Crippen LogP contribution in [0.15, 0.2) is 18.3 Å². The SMILES string of the molecule is CC(O)c1cccnc1N1CCNCC1. The largest absolute Gasteiger partial charge is 0.389 e. The van der Waals surface area contributed by atoms with Gasteiger partial charge in [0.25, 0.3) is 0 Å². The normalized spacial score (nSPS) is 18.9. The van der Waals surface area contributed by atoms with Crippen molar-refractivity contribution >= 4 is 5.82 Å². The molecule has 15 heavy (non-hydrogen) atoms. The quantitative estimate of drug-likeness (QED) is 0.743. The molecular weight excluding hydrogens is 190 g/mol. The Balaban J connectivity index is 2.25. The monoisotopic (exact) mass is 207 g/mol. The molecule has 0 saturated carbocycles. The summed E-state index contributed by atoms with van der Waals surface area (Å²) < 4.78 is 0. The first-order valence-electron chi connectivity index (χ1n) is 5.37. The van der Waals surface area contributed by atoms with Gasteiger partial charge in [-0.25, -0.2) is 4.98 Å². The molecule has 1 aromatic rings. The molecule has 0 aromatic carbocycles. The summed E-state index contributed by atoms with van der Waals surface area (Å²) in [6, 6.07) is 3.81. The van der Waals surface area contributed by atoms with Gasteiger partial charge in [0.2, 0.25) is 0 Å². The van der Waals surface area contributed by atoms with Crippen LogP contribution < -0.4 is 10.2 Å². The first-order chi connectivity index (χ1) is 7.29. The van der Waals surface area contributed by atoms with E-state index in [2.05, 4.69) is 15.2 Å². The van der Waals surface area contributed by atoms with Crippen LogP contribution in [0.1, 0.15) is 18.6 Å². The summed E-state index contributed by atoms with van der Waals surface area (Å²) in [5.74, 6) is 0.925. The van der Waals surface area contributed by atoms with Crippen LogP contribution in [0.25, 0.3) is 0 Å². The van der Waals surface area contributed by atoms with Gasteiger partial charge in [0.15, 0.2) is 0 Å². The molecule has 4 nitrogen and oxygen atoms in total. The Labute approximate surface area is 89.9 Å². The van der Waals surface area contributed by atoms with Crippen molar-refractivity contribution in [2.45, 2.75) is 13.0 Å². The van der Waals surface area contributed by atoms with E-state index in [1.807, 2.05) is 12.1 Å². The zero-order chi connectivity index (χ0) is 10.7. The Morgan fingerprint density at radius 1 is 1.47 bits per heavy atom. The highest BCUT2D eigenvalue weighted by atomic mass is 16.3. The number of pyridine rings is 1. The molecule has 1 aromatic heterocycles. The van der Waals surface area contributed by atoms with Crippen molar-refractivity contribution in [1.82, 2.24) is 10.3 Å². The lowest BCUT2D eigenvalue weighted by Crippen LogP contribution is -2.44. The fourth-order valence-corrected chi connectivity index (χ4v) is 1.88. The van der Waals surface area contributed by atoms with E-state index in [-0.39, 0.29) is 0 Å². The molecule has 82 valence electrons. The average Bonchev–Trinajstić information content (AvgIpc) is 2.30. The van der Waals surface area contributed by atoms with Crippen LogP contribution in [-0.2, 0) is 0 Å². The minimum atomic E-state index is -0.455. The maximum absolute atomic E-state index is 9.65. The molecule has 2 heterocycles. The molecule has 1 unspecified atom stereocenters. The van der Waals surface area contributed by atoms with Gasteiger partial charge >= 0.3 is 0 Å². The van der Waals surface area contributed by atoms with Crippen molar-refractivity contribution in [3.05, 3.63) is 23.9 Å². The van der Waals surface area contributed by atoms with E-state index >= 15 is 0 Å². The lowest BCUT2D eigenvalue weighted by molar-refractivity contribution is 0.199. The highest BCUT2D eigenvalue weighted by Gasteiger charge is 2.16. The summed E-state index contributed by atoms with van der Waals surface area (Å²) in [5, 5.41) is 13.0. The van der Waals surface area contributed by atoms with E-state index in [1.54, 1.807) is 13.1 Å². The van der Waals surface area contributed by atoms with E-state index in [1.165, 1.54) is 0 Å². The Hall–Kier alpha value is -1.13. The Morgan fingerprint density at radius 2 is 2.20 bits per heavy atom. The summed E-state index contributed by atoms with van der Waals surface area (Å²) >= 11 is 0.